The molecule has 4 nitrogen and oxygen atoms in total. The number of thioether (sulfide) groups is 1. The van der Waals surface area contributed by atoms with Gasteiger partial charge in [0.15, 0.2) is 5.13 Å². The monoisotopic (exact) mass is 422 g/mol. The number of rotatable bonds is 8. The van der Waals surface area contributed by atoms with Gasteiger partial charge < -0.3 is 4.42 Å². The Labute approximate surface area is 178 Å². The van der Waals surface area contributed by atoms with Crippen molar-refractivity contribution in [3.8, 4) is 0 Å². The SMILES string of the molecule is CCc1ccc2nc(N(Cc3ccco3)C(=O)CCSc3ccccc3)sc2c1. The molecule has 1 amide bonds. The van der Waals surface area contributed by atoms with Gasteiger partial charge in [-0.25, -0.2) is 4.98 Å². The maximum absolute atomic E-state index is 13.1. The molecule has 0 unspecified atom stereocenters. The summed E-state index contributed by atoms with van der Waals surface area (Å²) in [4.78, 5) is 20.8. The number of aryl methyl sites for hydroxylation is 1. The van der Waals surface area contributed by atoms with Crippen molar-refractivity contribution in [3.63, 3.8) is 0 Å². The van der Waals surface area contributed by atoms with Crippen LogP contribution in [0.25, 0.3) is 10.2 Å². The Hall–Kier alpha value is -2.57. The zero-order chi connectivity index (χ0) is 20.1. The smallest absolute Gasteiger partial charge is 0.230 e. The number of hydrogen-bond acceptors (Lipinski definition) is 5. The zero-order valence-corrected chi connectivity index (χ0v) is 17.8. The highest BCUT2D eigenvalue weighted by atomic mass is 32.2. The minimum Gasteiger partial charge on any atom is -0.467 e. The Morgan fingerprint density at radius 2 is 2.00 bits per heavy atom. The van der Waals surface area contributed by atoms with Gasteiger partial charge >= 0.3 is 0 Å². The first-order chi connectivity index (χ1) is 14.2. The van der Waals surface area contributed by atoms with Crippen molar-refractivity contribution in [2.45, 2.75) is 31.2 Å². The molecule has 0 fully saturated rings. The highest BCUT2D eigenvalue weighted by molar-refractivity contribution is 7.99. The van der Waals surface area contributed by atoms with Crippen LogP contribution in [-0.4, -0.2) is 16.6 Å². The lowest BCUT2D eigenvalue weighted by Gasteiger charge is -2.18. The summed E-state index contributed by atoms with van der Waals surface area (Å²) < 4.78 is 6.60. The van der Waals surface area contributed by atoms with Crippen LogP contribution in [0.5, 0.6) is 0 Å². The summed E-state index contributed by atoms with van der Waals surface area (Å²) in [7, 11) is 0. The Kier molecular flexibility index (Phi) is 6.32. The second-order valence-corrected chi connectivity index (χ2v) is 8.80. The van der Waals surface area contributed by atoms with Gasteiger partial charge in [-0.05, 0) is 48.4 Å². The fraction of sp³-hybridized carbons (Fsp3) is 0.217. The molecule has 0 radical (unpaired) electrons. The van der Waals surface area contributed by atoms with E-state index in [0.29, 0.717) is 13.0 Å². The van der Waals surface area contributed by atoms with E-state index in [1.807, 2.05) is 36.4 Å². The van der Waals surface area contributed by atoms with Gasteiger partial charge in [0.1, 0.15) is 5.76 Å². The standard InChI is InChI=1S/C23H22N2O2S2/c1-2-17-10-11-20-21(15-17)29-23(24-20)25(16-18-7-6-13-27-18)22(26)12-14-28-19-8-4-3-5-9-19/h3-11,13,15H,2,12,14,16H2,1H3. The van der Waals surface area contributed by atoms with E-state index in [-0.39, 0.29) is 5.91 Å². The lowest BCUT2D eigenvalue weighted by molar-refractivity contribution is -0.118. The fourth-order valence-corrected chi connectivity index (χ4v) is 4.93. The molecule has 2 heterocycles. The van der Waals surface area contributed by atoms with E-state index in [9.17, 15) is 4.79 Å². The van der Waals surface area contributed by atoms with Gasteiger partial charge in [0.2, 0.25) is 5.91 Å². The van der Waals surface area contributed by atoms with Gasteiger partial charge in [0.25, 0.3) is 0 Å². The van der Waals surface area contributed by atoms with Gasteiger partial charge in [-0.15, -0.1) is 11.8 Å². The molecule has 29 heavy (non-hydrogen) atoms. The normalized spacial score (nSPS) is 11.1. The number of hydrogen-bond donors (Lipinski definition) is 0. The molecular weight excluding hydrogens is 400 g/mol. The Balaban J connectivity index is 1.53. The summed E-state index contributed by atoms with van der Waals surface area (Å²) >= 11 is 3.25. The summed E-state index contributed by atoms with van der Waals surface area (Å²) in [6.45, 7) is 2.53. The first-order valence-corrected chi connectivity index (χ1v) is 11.4. The number of benzene rings is 2. The predicted octanol–water partition coefficient (Wildman–Crippen LogP) is 6.17. The van der Waals surface area contributed by atoms with Crippen LogP contribution in [0.4, 0.5) is 5.13 Å². The topological polar surface area (TPSA) is 46.3 Å². The van der Waals surface area contributed by atoms with Gasteiger partial charge in [-0.3, -0.25) is 9.69 Å². The molecule has 0 spiro atoms. The number of nitrogens with zero attached hydrogens (tertiary/aromatic N) is 2. The third kappa shape index (κ3) is 4.89. The van der Waals surface area contributed by atoms with E-state index in [1.165, 1.54) is 10.5 Å². The number of thiazole rings is 1. The molecular formula is C23H22N2O2S2. The van der Waals surface area contributed by atoms with Crippen molar-refractivity contribution in [2.24, 2.45) is 0 Å². The van der Waals surface area contributed by atoms with Crippen LogP contribution in [0.15, 0.2) is 76.2 Å². The van der Waals surface area contributed by atoms with Crippen molar-refractivity contribution in [3.05, 3.63) is 78.3 Å². The maximum Gasteiger partial charge on any atom is 0.230 e. The van der Waals surface area contributed by atoms with Crippen molar-refractivity contribution >= 4 is 44.4 Å². The molecule has 0 atom stereocenters. The first-order valence-electron chi connectivity index (χ1n) is 9.63. The number of anilines is 1. The van der Waals surface area contributed by atoms with Crippen LogP contribution in [0.1, 0.15) is 24.7 Å². The number of carbonyl (C=O) groups is 1. The molecule has 2 aromatic heterocycles. The van der Waals surface area contributed by atoms with Gasteiger partial charge in [0.05, 0.1) is 23.0 Å². The van der Waals surface area contributed by atoms with Crippen LogP contribution in [0.3, 0.4) is 0 Å². The summed E-state index contributed by atoms with van der Waals surface area (Å²) in [5, 5.41) is 0.722. The third-order valence-electron chi connectivity index (χ3n) is 4.60. The summed E-state index contributed by atoms with van der Waals surface area (Å²) in [6, 6.07) is 20.2. The average Bonchev–Trinajstić information content (AvgIpc) is 3.41. The second kappa shape index (κ2) is 9.29. The highest BCUT2D eigenvalue weighted by Crippen LogP contribution is 2.31. The van der Waals surface area contributed by atoms with Crippen molar-refractivity contribution in [1.29, 1.82) is 0 Å². The largest absolute Gasteiger partial charge is 0.467 e. The quantitative estimate of drug-likeness (QED) is 0.319. The summed E-state index contributed by atoms with van der Waals surface area (Å²) in [6.07, 6.45) is 3.06. The minimum atomic E-state index is 0.0552. The van der Waals surface area contributed by atoms with Crippen molar-refractivity contribution in [2.75, 3.05) is 10.7 Å². The number of amides is 1. The van der Waals surface area contributed by atoms with E-state index in [0.717, 1.165) is 33.3 Å². The molecule has 4 rings (SSSR count). The molecule has 0 aliphatic carbocycles. The fourth-order valence-electron chi connectivity index (χ4n) is 3.02. The van der Waals surface area contributed by atoms with Gasteiger partial charge in [0, 0.05) is 17.1 Å². The molecule has 0 saturated heterocycles. The number of carbonyl (C=O) groups excluding carboxylic acids is 1. The van der Waals surface area contributed by atoms with Gasteiger partial charge in [-0.2, -0.15) is 0 Å². The molecule has 148 valence electrons. The first kappa shape index (κ1) is 19.7. The minimum absolute atomic E-state index is 0.0552. The highest BCUT2D eigenvalue weighted by Gasteiger charge is 2.21. The molecule has 2 aromatic carbocycles. The van der Waals surface area contributed by atoms with E-state index in [2.05, 4.69) is 31.2 Å². The summed E-state index contributed by atoms with van der Waals surface area (Å²) in [5.41, 5.74) is 2.20. The lowest BCUT2D eigenvalue weighted by Crippen LogP contribution is -2.30. The third-order valence-corrected chi connectivity index (χ3v) is 6.66. The zero-order valence-electron chi connectivity index (χ0n) is 16.2. The molecule has 4 aromatic rings. The van der Waals surface area contributed by atoms with Crippen molar-refractivity contribution in [1.82, 2.24) is 4.98 Å². The second-order valence-electron chi connectivity index (χ2n) is 6.62. The van der Waals surface area contributed by atoms with E-state index in [4.69, 9.17) is 9.40 Å². The van der Waals surface area contributed by atoms with Crippen molar-refractivity contribution < 1.29 is 9.21 Å². The number of aromatic nitrogens is 1. The molecule has 6 heteroatoms. The number of fused-ring (bicyclic) bond motifs is 1. The van der Waals surface area contributed by atoms with Crippen LogP contribution < -0.4 is 4.90 Å². The van der Waals surface area contributed by atoms with E-state index in [1.54, 1.807) is 34.3 Å². The molecule has 0 aliphatic heterocycles. The lowest BCUT2D eigenvalue weighted by atomic mass is 10.2. The Bertz CT molecular complexity index is 1070. The molecule has 0 N–H and O–H groups in total. The van der Waals surface area contributed by atoms with E-state index < -0.39 is 0 Å². The van der Waals surface area contributed by atoms with Gasteiger partial charge in [-0.1, -0.05) is 42.5 Å². The average molecular weight is 423 g/mol. The summed E-state index contributed by atoms with van der Waals surface area (Å²) in [5.74, 6) is 1.53. The van der Waals surface area contributed by atoms with Crippen LogP contribution in [-0.2, 0) is 17.8 Å². The molecule has 0 saturated carbocycles. The van der Waals surface area contributed by atoms with Crippen LogP contribution in [0.2, 0.25) is 0 Å². The maximum atomic E-state index is 13.1. The predicted molar refractivity (Wildman–Crippen MR) is 121 cm³/mol. The Morgan fingerprint density at radius 3 is 2.76 bits per heavy atom. The molecule has 0 aliphatic rings. The molecule has 0 bridgehead atoms. The van der Waals surface area contributed by atoms with Crippen LogP contribution in [0, 0.1) is 0 Å². The Morgan fingerprint density at radius 1 is 1.14 bits per heavy atom. The van der Waals surface area contributed by atoms with E-state index >= 15 is 0 Å². The van der Waals surface area contributed by atoms with Crippen LogP contribution >= 0.6 is 23.1 Å². The number of furan rings is 1.